The zero-order valence-electron chi connectivity index (χ0n) is 14.2. The van der Waals surface area contributed by atoms with Crippen molar-refractivity contribution in [2.45, 2.75) is 32.6 Å². The zero-order chi connectivity index (χ0) is 17.9. The molecule has 2 aromatic rings. The molecule has 1 amide bonds. The first-order chi connectivity index (χ1) is 11.2. The highest BCUT2D eigenvalue weighted by Gasteiger charge is 2.18. The maximum Gasteiger partial charge on any atom is 0.229 e. The monoisotopic (exact) mass is 365 g/mol. The van der Waals surface area contributed by atoms with Crippen molar-refractivity contribution in [3.05, 3.63) is 57.6 Å². The fourth-order valence-corrected chi connectivity index (χ4v) is 2.86. The van der Waals surface area contributed by atoms with Gasteiger partial charge in [0.05, 0.1) is 19.2 Å². The molecule has 0 spiro atoms. The number of amides is 1. The Morgan fingerprint density at radius 2 is 1.75 bits per heavy atom. The number of rotatable bonds is 4. The molecule has 0 heterocycles. The van der Waals surface area contributed by atoms with Crippen molar-refractivity contribution in [1.82, 2.24) is 0 Å². The van der Waals surface area contributed by atoms with Gasteiger partial charge >= 0.3 is 0 Å². The Balaban J connectivity index is 2.25. The fourth-order valence-electron chi connectivity index (χ4n) is 2.33. The van der Waals surface area contributed by atoms with E-state index in [1.54, 1.807) is 25.3 Å². The number of hydrogen-bond donors (Lipinski definition) is 1. The van der Waals surface area contributed by atoms with Crippen molar-refractivity contribution in [3.8, 4) is 5.75 Å². The van der Waals surface area contributed by atoms with Gasteiger partial charge in [-0.1, -0.05) is 56.1 Å². The Hall–Kier alpha value is -1.71. The molecular formula is C19H21Cl2NO2. The number of ether oxygens (including phenoxy) is 1. The van der Waals surface area contributed by atoms with Crippen LogP contribution in [0, 0.1) is 0 Å². The minimum atomic E-state index is -0.200. The number of benzene rings is 2. The summed E-state index contributed by atoms with van der Waals surface area (Å²) in [6.07, 6.45) is 0.0986. The average molecular weight is 366 g/mol. The average Bonchev–Trinajstić information content (AvgIpc) is 2.50. The van der Waals surface area contributed by atoms with Crippen LogP contribution in [-0.4, -0.2) is 13.0 Å². The van der Waals surface area contributed by atoms with Crippen LogP contribution in [0.2, 0.25) is 10.0 Å². The van der Waals surface area contributed by atoms with Gasteiger partial charge in [-0.15, -0.1) is 0 Å². The van der Waals surface area contributed by atoms with Crippen molar-refractivity contribution < 1.29 is 9.53 Å². The SMILES string of the molecule is COc1ccc(C(C)(C)C)cc1NC(=O)Cc1c(Cl)cccc1Cl. The van der Waals surface area contributed by atoms with E-state index < -0.39 is 0 Å². The van der Waals surface area contributed by atoms with Crippen molar-refractivity contribution in [3.63, 3.8) is 0 Å². The smallest absolute Gasteiger partial charge is 0.229 e. The minimum Gasteiger partial charge on any atom is -0.495 e. The van der Waals surface area contributed by atoms with Crippen LogP contribution < -0.4 is 10.1 Å². The second-order valence-corrected chi connectivity index (χ2v) is 7.40. The molecule has 2 rings (SSSR count). The summed E-state index contributed by atoms with van der Waals surface area (Å²) < 4.78 is 5.34. The summed E-state index contributed by atoms with van der Waals surface area (Å²) in [5.41, 5.74) is 2.33. The third-order valence-electron chi connectivity index (χ3n) is 3.74. The van der Waals surface area contributed by atoms with E-state index in [1.165, 1.54) is 0 Å². The van der Waals surface area contributed by atoms with Crippen LogP contribution in [0.4, 0.5) is 5.69 Å². The van der Waals surface area contributed by atoms with Gasteiger partial charge in [-0.2, -0.15) is 0 Å². The Labute approximate surface area is 152 Å². The highest BCUT2D eigenvalue weighted by molar-refractivity contribution is 6.36. The van der Waals surface area contributed by atoms with Crippen molar-refractivity contribution in [1.29, 1.82) is 0 Å². The van der Waals surface area contributed by atoms with Gasteiger partial charge in [-0.25, -0.2) is 0 Å². The molecule has 24 heavy (non-hydrogen) atoms. The summed E-state index contributed by atoms with van der Waals surface area (Å²) in [5, 5.41) is 3.86. The van der Waals surface area contributed by atoms with Crippen LogP contribution in [-0.2, 0) is 16.6 Å². The van der Waals surface area contributed by atoms with Crippen molar-refractivity contribution >= 4 is 34.8 Å². The topological polar surface area (TPSA) is 38.3 Å². The van der Waals surface area contributed by atoms with Gasteiger partial charge in [0, 0.05) is 10.0 Å². The summed E-state index contributed by atoms with van der Waals surface area (Å²) in [6.45, 7) is 6.35. The molecule has 0 saturated heterocycles. The van der Waals surface area contributed by atoms with Gasteiger partial charge in [0.2, 0.25) is 5.91 Å². The maximum atomic E-state index is 12.4. The van der Waals surface area contributed by atoms with E-state index >= 15 is 0 Å². The number of hydrogen-bond acceptors (Lipinski definition) is 2. The van der Waals surface area contributed by atoms with E-state index in [4.69, 9.17) is 27.9 Å². The summed E-state index contributed by atoms with van der Waals surface area (Å²) in [6, 6.07) is 11.0. The van der Waals surface area contributed by atoms with Crippen LogP contribution >= 0.6 is 23.2 Å². The summed E-state index contributed by atoms with van der Waals surface area (Å²) in [4.78, 5) is 12.4. The van der Waals surface area contributed by atoms with E-state index in [9.17, 15) is 4.79 Å². The first-order valence-corrected chi connectivity index (χ1v) is 8.39. The van der Waals surface area contributed by atoms with Crippen LogP contribution in [0.1, 0.15) is 31.9 Å². The number of methoxy groups -OCH3 is 1. The molecular weight excluding hydrogens is 345 g/mol. The normalized spacial score (nSPS) is 11.2. The first-order valence-electron chi connectivity index (χ1n) is 7.63. The minimum absolute atomic E-state index is 0.0300. The van der Waals surface area contributed by atoms with Gasteiger partial charge in [-0.3, -0.25) is 4.79 Å². The quantitative estimate of drug-likeness (QED) is 0.778. The Morgan fingerprint density at radius 3 is 2.29 bits per heavy atom. The molecule has 0 radical (unpaired) electrons. The van der Waals surface area contributed by atoms with E-state index in [0.717, 1.165) is 5.56 Å². The zero-order valence-corrected chi connectivity index (χ0v) is 15.8. The van der Waals surface area contributed by atoms with Gasteiger partial charge in [-0.05, 0) is 40.8 Å². The largest absolute Gasteiger partial charge is 0.495 e. The lowest BCUT2D eigenvalue weighted by molar-refractivity contribution is -0.115. The summed E-state index contributed by atoms with van der Waals surface area (Å²) in [7, 11) is 1.58. The van der Waals surface area contributed by atoms with Crippen LogP contribution in [0.25, 0.3) is 0 Å². The first kappa shape index (κ1) is 18.6. The molecule has 0 bridgehead atoms. The Morgan fingerprint density at radius 1 is 1.12 bits per heavy atom. The Kier molecular flexibility index (Phi) is 5.79. The second kappa shape index (κ2) is 7.45. The lowest BCUT2D eigenvalue weighted by Gasteiger charge is -2.21. The molecule has 0 aliphatic rings. The molecule has 0 aromatic heterocycles. The number of carbonyl (C=O) groups is 1. The van der Waals surface area contributed by atoms with Crippen molar-refractivity contribution in [2.75, 3.05) is 12.4 Å². The molecule has 128 valence electrons. The predicted octanol–water partition coefficient (Wildman–Crippen LogP) is 5.48. The van der Waals surface area contributed by atoms with Crippen LogP contribution in [0.5, 0.6) is 5.75 Å². The van der Waals surface area contributed by atoms with Crippen LogP contribution in [0.3, 0.4) is 0 Å². The molecule has 0 aliphatic carbocycles. The Bertz CT molecular complexity index is 731. The second-order valence-electron chi connectivity index (χ2n) is 6.59. The van der Waals surface area contributed by atoms with Gasteiger partial charge in [0.15, 0.2) is 0 Å². The molecule has 3 nitrogen and oxygen atoms in total. The molecule has 0 aliphatic heterocycles. The molecule has 0 saturated carbocycles. The highest BCUT2D eigenvalue weighted by atomic mass is 35.5. The molecule has 0 atom stereocenters. The molecule has 5 heteroatoms. The number of anilines is 1. The number of nitrogens with one attached hydrogen (secondary N) is 1. The molecule has 0 unspecified atom stereocenters. The number of carbonyl (C=O) groups excluding carboxylic acids is 1. The fraction of sp³-hybridized carbons (Fsp3) is 0.316. The highest BCUT2D eigenvalue weighted by Crippen LogP contribution is 2.32. The van der Waals surface area contributed by atoms with Gasteiger partial charge in [0.25, 0.3) is 0 Å². The standard InChI is InChI=1S/C19H21Cl2NO2/c1-19(2,3)12-8-9-17(24-4)16(10-12)22-18(23)11-13-14(20)6-5-7-15(13)21/h5-10H,11H2,1-4H3,(H,22,23). The lowest BCUT2D eigenvalue weighted by atomic mass is 9.87. The third kappa shape index (κ3) is 4.43. The number of halogens is 2. The summed E-state index contributed by atoms with van der Waals surface area (Å²) in [5.74, 6) is 0.413. The summed E-state index contributed by atoms with van der Waals surface area (Å²) >= 11 is 12.3. The van der Waals surface area contributed by atoms with Crippen molar-refractivity contribution in [2.24, 2.45) is 0 Å². The van der Waals surface area contributed by atoms with E-state index in [0.29, 0.717) is 27.0 Å². The van der Waals surface area contributed by atoms with E-state index in [-0.39, 0.29) is 17.7 Å². The molecule has 2 aromatic carbocycles. The van der Waals surface area contributed by atoms with E-state index in [1.807, 2.05) is 18.2 Å². The van der Waals surface area contributed by atoms with Crippen LogP contribution in [0.15, 0.2) is 36.4 Å². The lowest BCUT2D eigenvalue weighted by Crippen LogP contribution is -2.17. The molecule has 0 fully saturated rings. The van der Waals surface area contributed by atoms with Gasteiger partial charge < -0.3 is 10.1 Å². The molecule has 1 N–H and O–H groups in total. The predicted molar refractivity (Wildman–Crippen MR) is 100 cm³/mol. The van der Waals surface area contributed by atoms with E-state index in [2.05, 4.69) is 26.1 Å². The van der Waals surface area contributed by atoms with Gasteiger partial charge in [0.1, 0.15) is 5.75 Å². The maximum absolute atomic E-state index is 12.4. The third-order valence-corrected chi connectivity index (χ3v) is 4.45.